The molecule has 0 aliphatic heterocycles. The molecule has 0 fully saturated rings. The van der Waals surface area contributed by atoms with Crippen LogP contribution in [0.1, 0.15) is 5.69 Å². The Labute approximate surface area is 194 Å². The highest BCUT2D eigenvalue weighted by Crippen LogP contribution is 2.45. The first-order valence-corrected chi connectivity index (χ1v) is 11.0. The Morgan fingerprint density at radius 1 is 0.588 bits per heavy atom. The molecule has 1 aromatic heterocycles. The van der Waals surface area contributed by atoms with Crippen LogP contribution < -0.4 is 0 Å². The van der Waals surface area contributed by atoms with Gasteiger partial charge in [0.2, 0.25) is 0 Å². The molecule has 0 spiro atoms. The summed E-state index contributed by atoms with van der Waals surface area (Å²) in [5.74, 6) is 0.0353. The largest absolute Gasteiger partial charge is 0.358 e. The number of aromatic nitrogens is 2. The molecule has 0 bridgehead atoms. The standard InChI is InChI=1S/C30H14N4/c1-32-30-24(16-31)33-28-26-18-9-3-2-8-17(18)14-15-23(26)25-21-12-6-4-10-19(21)20-11-5-7-13-22(20)27(25)29(28)34-30/h2-15H. The van der Waals surface area contributed by atoms with E-state index in [1.165, 1.54) is 5.39 Å². The normalized spacial score (nSPS) is 11.5. The van der Waals surface area contributed by atoms with E-state index in [4.69, 9.17) is 16.5 Å². The van der Waals surface area contributed by atoms with Crippen molar-refractivity contribution < 1.29 is 0 Å². The van der Waals surface area contributed by atoms with E-state index in [0.29, 0.717) is 11.0 Å². The summed E-state index contributed by atoms with van der Waals surface area (Å²) in [7, 11) is 0. The molecule has 4 heteroatoms. The van der Waals surface area contributed by atoms with Crippen LogP contribution in [0.15, 0.2) is 84.9 Å². The second-order valence-electron chi connectivity index (χ2n) is 8.37. The Bertz CT molecular complexity index is 2090. The summed E-state index contributed by atoms with van der Waals surface area (Å²) in [5, 5.41) is 20.5. The van der Waals surface area contributed by atoms with E-state index in [1.807, 2.05) is 24.3 Å². The minimum absolute atomic E-state index is 0.0353. The fourth-order valence-electron chi connectivity index (χ4n) is 5.33. The SMILES string of the molecule is [C-]#[N+]c1nc2c(nc1C#N)c1c3ccccc3ccc1c1c3ccccc3c3ccccc3c21. The zero-order chi connectivity index (χ0) is 22.8. The van der Waals surface area contributed by atoms with Gasteiger partial charge in [-0.3, -0.25) is 0 Å². The summed E-state index contributed by atoms with van der Waals surface area (Å²) in [6.07, 6.45) is 0. The highest BCUT2D eigenvalue weighted by atomic mass is 14.9. The fourth-order valence-corrected chi connectivity index (χ4v) is 5.33. The highest BCUT2D eigenvalue weighted by Gasteiger charge is 2.22. The topological polar surface area (TPSA) is 53.9 Å². The zero-order valence-corrected chi connectivity index (χ0v) is 17.9. The molecule has 4 nitrogen and oxygen atoms in total. The molecular formula is C30H14N4. The van der Waals surface area contributed by atoms with Gasteiger partial charge in [0, 0.05) is 16.2 Å². The minimum atomic E-state index is 0.0353. The highest BCUT2D eigenvalue weighted by molar-refractivity contribution is 6.40. The van der Waals surface area contributed by atoms with E-state index in [9.17, 15) is 5.26 Å². The Hall–Kier alpha value is -5.06. The van der Waals surface area contributed by atoms with Crippen molar-refractivity contribution in [1.29, 1.82) is 5.26 Å². The van der Waals surface area contributed by atoms with Crippen LogP contribution >= 0.6 is 0 Å². The second kappa shape index (κ2) is 6.72. The summed E-state index contributed by atoms with van der Waals surface area (Å²) in [5.41, 5.74) is 1.37. The van der Waals surface area contributed by atoms with Crippen molar-refractivity contribution in [3.63, 3.8) is 0 Å². The van der Waals surface area contributed by atoms with Crippen molar-refractivity contribution >= 4 is 70.7 Å². The maximum atomic E-state index is 9.72. The number of rotatable bonds is 0. The number of hydrogen-bond donors (Lipinski definition) is 0. The van der Waals surface area contributed by atoms with Crippen molar-refractivity contribution in [2.75, 3.05) is 0 Å². The van der Waals surface area contributed by atoms with Crippen LogP contribution in [0, 0.1) is 17.9 Å². The maximum Gasteiger partial charge on any atom is 0.307 e. The third-order valence-corrected chi connectivity index (χ3v) is 6.69. The molecule has 6 aromatic carbocycles. The molecule has 7 aromatic rings. The molecule has 7 rings (SSSR count). The first kappa shape index (κ1) is 18.5. The average Bonchev–Trinajstić information content (AvgIpc) is 2.91. The summed E-state index contributed by atoms with van der Waals surface area (Å²) in [6.45, 7) is 7.63. The molecule has 0 radical (unpaired) electrons. The first-order valence-electron chi connectivity index (χ1n) is 11.0. The summed E-state index contributed by atoms with van der Waals surface area (Å²) in [6, 6.07) is 31.3. The molecule has 0 saturated carbocycles. The van der Waals surface area contributed by atoms with Crippen molar-refractivity contribution in [3.8, 4) is 6.07 Å². The van der Waals surface area contributed by atoms with Gasteiger partial charge in [-0.05, 0) is 37.7 Å². The number of nitrogens with zero attached hydrogens (tertiary/aromatic N) is 4. The fraction of sp³-hybridized carbons (Fsp3) is 0. The number of fused-ring (bicyclic) bond motifs is 13. The first-order chi connectivity index (χ1) is 16.8. The van der Waals surface area contributed by atoms with Gasteiger partial charge in [0.15, 0.2) is 11.2 Å². The predicted octanol–water partition coefficient (Wildman–Crippen LogP) is 7.82. The lowest BCUT2D eigenvalue weighted by molar-refractivity contribution is 1.28. The van der Waals surface area contributed by atoms with Crippen LogP contribution in [0.25, 0.3) is 69.7 Å². The van der Waals surface area contributed by atoms with E-state index in [2.05, 4.69) is 71.6 Å². The Morgan fingerprint density at radius 2 is 1.18 bits per heavy atom. The van der Waals surface area contributed by atoms with Crippen LogP contribution in [-0.4, -0.2) is 9.97 Å². The molecule has 0 N–H and O–H groups in total. The van der Waals surface area contributed by atoms with E-state index in [0.717, 1.165) is 48.5 Å². The van der Waals surface area contributed by atoms with Gasteiger partial charge in [0.05, 0.1) is 0 Å². The van der Waals surface area contributed by atoms with E-state index in [-0.39, 0.29) is 11.5 Å². The van der Waals surface area contributed by atoms with Gasteiger partial charge in [-0.15, -0.1) is 4.98 Å². The zero-order valence-electron chi connectivity index (χ0n) is 17.9. The lowest BCUT2D eigenvalue weighted by atomic mass is 9.88. The van der Waals surface area contributed by atoms with Crippen molar-refractivity contribution in [3.05, 3.63) is 102 Å². The van der Waals surface area contributed by atoms with Crippen LogP contribution in [0.2, 0.25) is 0 Å². The molecule has 154 valence electrons. The van der Waals surface area contributed by atoms with Gasteiger partial charge in [-0.1, -0.05) is 91.5 Å². The third kappa shape index (κ3) is 2.29. The van der Waals surface area contributed by atoms with Crippen LogP contribution in [-0.2, 0) is 0 Å². The van der Waals surface area contributed by atoms with E-state index in [1.54, 1.807) is 0 Å². The lowest BCUT2D eigenvalue weighted by Gasteiger charge is -2.15. The van der Waals surface area contributed by atoms with Crippen LogP contribution in [0.4, 0.5) is 5.82 Å². The predicted molar refractivity (Wildman–Crippen MR) is 138 cm³/mol. The molecule has 1 heterocycles. The van der Waals surface area contributed by atoms with Gasteiger partial charge >= 0.3 is 5.82 Å². The molecule has 34 heavy (non-hydrogen) atoms. The van der Waals surface area contributed by atoms with E-state index < -0.39 is 0 Å². The molecule has 0 unspecified atom stereocenters. The monoisotopic (exact) mass is 430 g/mol. The minimum Gasteiger partial charge on any atom is -0.358 e. The van der Waals surface area contributed by atoms with Gasteiger partial charge in [0.1, 0.15) is 11.6 Å². The molecule has 0 atom stereocenters. The summed E-state index contributed by atoms with van der Waals surface area (Å²) in [4.78, 5) is 13.0. The van der Waals surface area contributed by atoms with Gasteiger partial charge in [-0.25, -0.2) is 4.98 Å². The molecule has 0 saturated heterocycles. The molecule has 0 amide bonds. The second-order valence-corrected chi connectivity index (χ2v) is 8.37. The number of benzene rings is 6. The average molecular weight is 430 g/mol. The Kier molecular flexibility index (Phi) is 3.66. The molecule has 0 aliphatic carbocycles. The van der Waals surface area contributed by atoms with Gasteiger partial charge in [-0.2, -0.15) is 5.26 Å². The van der Waals surface area contributed by atoms with Gasteiger partial charge < -0.3 is 4.85 Å². The third-order valence-electron chi connectivity index (χ3n) is 6.69. The molecular weight excluding hydrogens is 416 g/mol. The van der Waals surface area contributed by atoms with Crippen molar-refractivity contribution in [1.82, 2.24) is 9.97 Å². The quantitative estimate of drug-likeness (QED) is 0.182. The van der Waals surface area contributed by atoms with E-state index >= 15 is 0 Å². The Balaban J connectivity index is 1.96. The number of nitriles is 1. The van der Waals surface area contributed by atoms with Crippen molar-refractivity contribution in [2.45, 2.75) is 0 Å². The maximum absolute atomic E-state index is 9.72. The van der Waals surface area contributed by atoms with Crippen molar-refractivity contribution in [2.24, 2.45) is 0 Å². The van der Waals surface area contributed by atoms with Gasteiger partial charge in [0.25, 0.3) is 0 Å². The lowest BCUT2D eigenvalue weighted by Crippen LogP contribution is -1.95. The summed E-state index contributed by atoms with van der Waals surface area (Å²) >= 11 is 0. The number of hydrogen-bond acceptors (Lipinski definition) is 3. The van der Waals surface area contributed by atoms with Crippen LogP contribution in [0.5, 0.6) is 0 Å². The van der Waals surface area contributed by atoms with Crippen LogP contribution in [0.3, 0.4) is 0 Å². The smallest absolute Gasteiger partial charge is 0.307 e. The molecule has 0 aliphatic rings. The Morgan fingerprint density at radius 3 is 1.85 bits per heavy atom. The summed E-state index contributed by atoms with van der Waals surface area (Å²) < 4.78 is 0.